The Hall–Kier alpha value is -0.750. The van der Waals surface area contributed by atoms with Gasteiger partial charge in [-0.05, 0) is 33.7 Å². The van der Waals surface area contributed by atoms with Gasteiger partial charge in [0.2, 0.25) is 0 Å². The van der Waals surface area contributed by atoms with Gasteiger partial charge in [-0.15, -0.1) is 5.10 Å². The zero-order valence-electron chi connectivity index (χ0n) is 11.9. The summed E-state index contributed by atoms with van der Waals surface area (Å²) in [5.74, 6) is 0. The van der Waals surface area contributed by atoms with Gasteiger partial charge in [-0.1, -0.05) is 12.1 Å². The summed E-state index contributed by atoms with van der Waals surface area (Å²) < 4.78 is 13.0. The quantitative estimate of drug-likeness (QED) is 0.793. The molecule has 1 aromatic heterocycles. The molecule has 0 fully saturated rings. The minimum atomic E-state index is -0.738. The number of nitrogens with zero attached hydrogens (tertiary/aromatic N) is 3. The van der Waals surface area contributed by atoms with E-state index in [-0.39, 0.29) is 10.8 Å². The van der Waals surface area contributed by atoms with Gasteiger partial charge >= 0.3 is 0 Å². The highest BCUT2D eigenvalue weighted by molar-refractivity contribution is 7.84. The standard InChI is InChI=1S/C12H24N4OS/c1-10(18(5)17)6-7-13-8-11-9-16(15-14-11)12(2,3)4/h9-10,13H,6-8H2,1-5H3. The molecule has 6 heteroatoms. The predicted molar refractivity (Wildman–Crippen MR) is 74.9 cm³/mol. The van der Waals surface area contributed by atoms with Gasteiger partial charge in [-0.3, -0.25) is 4.21 Å². The van der Waals surface area contributed by atoms with E-state index in [9.17, 15) is 4.21 Å². The first kappa shape index (κ1) is 15.3. The maximum atomic E-state index is 11.2. The summed E-state index contributed by atoms with van der Waals surface area (Å²) >= 11 is 0. The third-order valence-electron chi connectivity index (χ3n) is 2.83. The molecule has 0 aliphatic carbocycles. The molecular weight excluding hydrogens is 248 g/mol. The first-order chi connectivity index (χ1) is 8.30. The number of hydrogen-bond donors (Lipinski definition) is 1. The van der Waals surface area contributed by atoms with E-state index in [0.717, 1.165) is 18.7 Å². The third kappa shape index (κ3) is 4.86. The highest BCUT2D eigenvalue weighted by atomic mass is 32.2. The van der Waals surface area contributed by atoms with Crippen LogP contribution in [0.15, 0.2) is 6.20 Å². The largest absolute Gasteiger partial charge is 0.311 e. The van der Waals surface area contributed by atoms with E-state index in [1.54, 1.807) is 6.26 Å². The maximum absolute atomic E-state index is 11.2. The van der Waals surface area contributed by atoms with Gasteiger partial charge in [0, 0.05) is 28.9 Å². The molecule has 1 rings (SSSR count). The molecule has 1 N–H and O–H groups in total. The average Bonchev–Trinajstić information content (AvgIpc) is 2.72. The van der Waals surface area contributed by atoms with Crippen LogP contribution in [0.1, 0.15) is 39.8 Å². The molecule has 2 unspecified atom stereocenters. The Labute approximate surface area is 112 Å². The number of nitrogens with one attached hydrogen (secondary N) is 1. The molecule has 104 valence electrons. The summed E-state index contributed by atoms with van der Waals surface area (Å²) in [7, 11) is -0.738. The molecule has 0 bridgehead atoms. The first-order valence-electron chi connectivity index (χ1n) is 6.25. The van der Waals surface area contributed by atoms with Crippen molar-refractivity contribution in [3.8, 4) is 0 Å². The lowest BCUT2D eigenvalue weighted by molar-refractivity contribution is 0.347. The third-order valence-corrected chi connectivity index (χ3v) is 4.20. The van der Waals surface area contributed by atoms with Crippen molar-refractivity contribution >= 4 is 10.8 Å². The number of rotatable bonds is 6. The van der Waals surface area contributed by atoms with E-state index in [0.29, 0.717) is 6.54 Å². The van der Waals surface area contributed by atoms with Gasteiger partial charge in [-0.2, -0.15) is 0 Å². The molecule has 0 aromatic carbocycles. The molecule has 0 amide bonds. The van der Waals surface area contributed by atoms with Gasteiger partial charge in [0.15, 0.2) is 0 Å². The fraction of sp³-hybridized carbons (Fsp3) is 0.833. The van der Waals surface area contributed by atoms with Crippen molar-refractivity contribution in [2.45, 2.75) is 51.4 Å². The van der Waals surface area contributed by atoms with Gasteiger partial charge in [0.1, 0.15) is 0 Å². The molecule has 0 spiro atoms. The molecule has 0 radical (unpaired) electrons. The molecule has 2 atom stereocenters. The van der Waals surface area contributed by atoms with Crippen molar-refractivity contribution in [1.82, 2.24) is 20.3 Å². The van der Waals surface area contributed by atoms with Crippen LogP contribution >= 0.6 is 0 Å². The summed E-state index contributed by atoms with van der Waals surface area (Å²) in [5, 5.41) is 11.8. The van der Waals surface area contributed by atoms with Crippen LogP contribution in [0.4, 0.5) is 0 Å². The predicted octanol–water partition coefficient (Wildman–Crippen LogP) is 1.28. The minimum Gasteiger partial charge on any atom is -0.311 e. The number of aromatic nitrogens is 3. The van der Waals surface area contributed by atoms with Gasteiger partial charge in [-0.25, -0.2) is 4.68 Å². The summed E-state index contributed by atoms with van der Waals surface area (Å²) in [6, 6.07) is 0. The second-order valence-corrected chi connectivity index (χ2v) is 7.40. The fourth-order valence-corrected chi connectivity index (χ4v) is 1.84. The van der Waals surface area contributed by atoms with E-state index in [2.05, 4.69) is 36.4 Å². The summed E-state index contributed by atoms with van der Waals surface area (Å²) in [6.45, 7) is 9.85. The van der Waals surface area contributed by atoms with Crippen LogP contribution in [0.2, 0.25) is 0 Å². The van der Waals surface area contributed by atoms with Crippen molar-refractivity contribution in [3.05, 3.63) is 11.9 Å². The van der Waals surface area contributed by atoms with Gasteiger partial charge in [0.25, 0.3) is 0 Å². The van der Waals surface area contributed by atoms with Crippen molar-refractivity contribution in [3.63, 3.8) is 0 Å². The van der Waals surface area contributed by atoms with Crippen molar-refractivity contribution < 1.29 is 4.21 Å². The lowest BCUT2D eigenvalue weighted by atomic mass is 10.1. The Morgan fingerprint density at radius 1 is 1.50 bits per heavy atom. The molecule has 0 aliphatic rings. The molecule has 1 heterocycles. The smallest absolute Gasteiger partial charge is 0.0965 e. The maximum Gasteiger partial charge on any atom is 0.0965 e. The fourth-order valence-electron chi connectivity index (χ4n) is 1.39. The van der Waals surface area contributed by atoms with Crippen LogP contribution < -0.4 is 5.32 Å². The van der Waals surface area contributed by atoms with Crippen LogP contribution in [0.5, 0.6) is 0 Å². The molecule has 5 nitrogen and oxygen atoms in total. The van der Waals surface area contributed by atoms with Crippen LogP contribution in [-0.4, -0.2) is 37.3 Å². The topological polar surface area (TPSA) is 59.8 Å². The van der Waals surface area contributed by atoms with E-state index < -0.39 is 10.8 Å². The SMILES string of the molecule is CC(CCNCc1cn(C(C)(C)C)nn1)S(C)=O. The highest BCUT2D eigenvalue weighted by Gasteiger charge is 2.14. The molecule has 0 saturated heterocycles. The van der Waals surface area contributed by atoms with Crippen LogP contribution in [0.25, 0.3) is 0 Å². The van der Waals surface area contributed by atoms with Crippen molar-refractivity contribution in [2.24, 2.45) is 0 Å². The summed E-state index contributed by atoms with van der Waals surface area (Å²) in [6.07, 6.45) is 4.63. The highest BCUT2D eigenvalue weighted by Crippen LogP contribution is 2.11. The molecular formula is C12H24N4OS. The second-order valence-electron chi connectivity index (χ2n) is 5.60. The lowest BCUT2D eigenvalue weighted by Gasteiger charge is -2.17. The average molecular weight is 272 g/mol. The van der Waals surface area contributed by atoms with E-state index in [4.69, 9.17) is 0 Å². The molecule has 18 heavy (non-hydrogen) atoms. The summed E-state index contributed by atoms with van der Waals surface area (Å²) in [4.78, 5) is 0. The Kier molecular flexibility index (Phi) is 5.47. The molecule has 0 saturated carbocycles. The monoisotopic (exact) mass is 272 g/mol. The normalized spacial score (nSPS) is 15.6. The second kappa shape index (κ2) is 6.43. The zero-order valence-corrected chi connectivity index (χ0v) is 12.8. The van der Waals surface area contributed by atoms with Crippen LogP contribution in [0.3, 0.4) is 0 Å². The molecule has 1 aromatic rings. The number of hydrogen-bond acceptors (Lipinski definition) is 4. The first-order valence-corrected chi connectivity index (χ1v) is 7.87. The Bertz CT molecular complexity index is 397. The Morgan fingerprint density at radius 2 is 2.17 bits per heavy atom. The van der Waals surface area contributed by atoms with E-state index >= 15 is 0 Å². The Balaban J connectivity index is 2.32. The lowest BCUT2D eigenvalue weighted by Crippen LogP contribution is -2.22. The van der Waals surface area contributed by atoms with Crippen LogP contribution in [0, 0.1) is 0 Å². The Morgan fingerprint density at radius 3 is 2.67 bits per heavy atom. The minimum absolute atomic E-state index is 0.0289. The zero-order chi connectivity index (χ0) is 13.8. The molecule has 0 aliphatic heterocycles. The summed E-state index contributed by atoms with van der Waals surface area (Å²) in [5.41, 5.74) is 0.911. The van der Waals surface area contributed by atoms with Crippen molar-refractivity contribution in [1.29, 1.82) is 0 Å². The van der Waals surface area contributed by atoms with E-state index in [1.165, 1.54) is 0 Å². The van der Waals surface area contributed by atoms with Crippen LogP contribution in [-0.2, 0) is 22.9 Å². The van der Waals surface area contributed by atoms with Gasteiger partial charge in [0.05, 0.1) is 17.4 Å². The van der Waals surface area contributed by atoms with E-state index in [1.807, 2.05) is 17.8 Å². The van der Waals surface area contributed by atoms with Gasteiger partial charge < -0.3 is 5.32 Å². The van der Waals surface area contributed by atoms with Crippen molar-refractivity contribution in [2.75, 3.05) is 12.8 Å².